The van der Waals surface area contributed by atoms with Gasteiger partial charge in [-0.3, -0.25) is 4.79 Å². The van der Waals surface area contributed by atoms with Crippen LogP contribution in [0.3, 0.4) is 0 Å². The number of hydrogen-bond donors (Lipinski definition) is 2. The molecule has 2 N–H and O–H groups in total. The first-order valence-corrected chi connectivity index (χ1v) is 6.98. The molecule has 106 valence electrons. The van der Waals surface area contributed by atoms with Crippen LogP contribution in [-0.2, 0) is 11.3 Å². The topological polar surface area (TPSA) is 86.0 Å². The van der Waals surface area contributed by atoms with E-state index in [1.807, 2.05) is 12.1 Å². The number of nitriles is 1. The minimum atomic E-state index is -0.662. The number of rotatable bonds is 5. The van der Waals surface area contributed by atoms with Crippen LogP contribution in [0, 0.1) is 23.2 Å². The van der Waals surface area contributed by atoms with Crippen molar-refractivity contribution in [1.82, 2.24) is 10.3 Å². The van der Waals surface area contributed by atoms with Gasteiger partial charge in [-0.15, -0.1) is 0 Å². The van der Waals surface area contributed by atoms with Crippen LogP contribution in [0.15, 0.2) is 18.3 Å². The molecule has 1 aromatic heterocycles. The molecule has 1 saturated carbocycles. The van der Waals surface area contributed by atoms with Crippen LogP contribution >= 0.6 is 0 Å². The summed E-state index contributed by atoms with van der Waals surface area (Å²) in [5.74, 6) is -0.284. The monoisotopic (exact) mass is 273 g/mol. The second-order valence-electron chi connectivity index (χ2n) is 5.31. The number of carboxylic acid groups (broad SMARTS) is 1. The van der Waals surface area contributed by atoms with Crippen LogP contribution in [-0.4, -0.2) is 22.6 Å². The third-order valence-corrected chi connectivity index (χ3v) is 3.94. The number of nitrogens with zero attached hydrogens (tertiary/aromatic N) is 2. The molecule has 1 aromatic rings. The largest absolute Gasteiger partial charge is 0.481 e. The van der Waals surface area contributed by atoms with E-state index in [1.165, 1.54) is 0 Å². The van der Waals surface area contributed by atoms with Gasteiger partial charge < -0.3 is 10.4 Å². The predicted molar refractivity (Wildman–Crippen MR) is 73.7 cm³/mol. The third-order valence-electron chi connectivity index (χ3n) is 3.94. The van der Waals surface area contributed by atoms with E-state index < -0.39 is 5.97 Å². The van der Waals surface area contributed by atoms with E-state index in [2.05, 4.69) is 16.4 Å². The zero-order valence-electron chi connectivity index (χ0n) is 11.4. The van der Waals surface area contributed by atoms with E-state index in [0.717, 1.165) is 37.8 Å². The molecule has 1 heterocycles. The summed E-state index contributed by atoms with van der Waals surface area (Å²) < 4.78 is 0. The Morgan fingerprint density at radius 1 is 1.45 bits per heavy atom. The van der Waals surface area contributed by atoms with Crippen molar-refractivity contribution in [3.63, 3.8) is 0 Å². The van der Waals surface area contributed by atoms with Gasteiger partial charge in [0.05, 0.1) is 5.92 Å². The summed E-state index contributed by atoms with van der Waals surface area (Å²) in [6, 6.07) is 5.82. The molecule has 1 aliphatic carbocycles. The molecule has 1 aliphatic rings. The van der Waals surface area contributed by atoms with Gasteiger partial charge in [-0.1, -0.05) is 6.07 Å². The molecule has 0 spiro atoms. The molecule has 0 unspecified atom stereocenters. The molecule has 0 saturated heterocycles. The Morgan fingerprint density at radius 2 is 2.20 bits per heavy atom. The maximum atomic E-state index is 10.9. The van der Waals surface area contributed by atoms with Crippen molar-refractivity contribution in [2.75, 3.05) is 6.54 Å². The van der Waals surface area contributed by atoms with Crippen LogP contribution in [0.25, 0.3) is 0 Å². The number of carbonyl (C=O) groups is 1. The number of aromatic nitrogens is 1. The van der Waals surface area contributed by atoms with Gasteiger partial charge in [-0.25, -0.2) is 4.98 Å². The highest BCUT2D eigenvalue weighted by molar-refractivity contribution is 5.69. The number of hydrogen-bond acceptors (Lipinski definition) is 4. The fourth-order valence-electron chi connectivity index (χ4n) is 2.71. The first kappa shape index (κ1) is 14.5. The Labute approximate surface area is 118 Å². The number of pyridine rings is 1. The van der Waals surface area contributed by atoms with Crippen molar-refractivity contribution in [3.05, 3.63) is 29.6 Å². The first-order chi connectivity index (χ1) is 9.70. The van der Waals surface area contributed by atoms with Crippen molar-refractivity contribution < 1.29 is 9.90 Å². The van der Waals surface area contributed by atoms with E-state index >= 15 is 0 Å². The lowest BCUT2D eigenvalue weighted by Gasteiger charge is -2.26. The SMILES string of the molecule is N#Cc1ncccc1CNCC1CCC(C(=O)O)CC1. The molecule has 20 heavy (non-hydrogen) atoms. The minimum absolute atomic E-state index is 0.158. The van der Waals surface area contributed by atoms with Gasteiger partial charge in [0, 0.05) is 18.3 Å². The van der Waals surface area contributed by atoms with Crippen LogP contribution in [0.2, 0.25) is 0 Å². The molecule has 0 aliphatic heterocycles. The van der Waals surface area contributed by atoms with Gasteiger partial charge in [0.15, 0.2) is 0 Å². The summed E-state index contributed by atoms with van der Waals surface area (Å²) in [5, 5.41) is 21.3. The fourth-order valence-corrected chi connectivity index (χ4v) is 2.71. The normalized spacial score (nSPS) is 22.1. The van der Waals surface area contributed by atoms with Gasteiger partial charge in [-0.05, 0) is 44.2 Å². The lowest BCUT2D eigenvalue weighted by atomic mass is 9.82. The highest BCUT2D eigenvalue weighted by atomic mass is 16.4. The Balaban J connectivity index is 1.75. The number of nitrogens with one attached hydrogen (secondary N) is 1. The summed E-state index contributed by atoms with van der Waals surface area (Å²) >= 11 is 0. The zero-order chi connectivity index (χ0) is 14.4. The fraction of sp³-hybridized carbons (Fsp3) is 0.533. The lowest BCUT2D eigenvalue weighted by molar-refractivity contribution is -0.143. The van der Waals surface area contributed by atoms with E-state index in [0.29, 0.717) is 18.2 Å². The molecular formula is C15H19N3O2. The van der Waals surface area contributed by atoms with E-state index in [9.17, 15) is 4.79 Å². The van der Waals surface area contributed by atoms with Crippen molar-refractivity contribution in [1.29, 1.82) is 5.26 Å². The van der Waals surface area contributed by atoms with Gasteiger partial charge in [0.1, 0.15) is 11.8 Å². The van der Waals surface area contributed by atoms with Crippen molar-refractivity contribution in [3.8, 4) is 6.07 Å². The molecule has 0 radical (unpaired) electrons. The Bertz CT molecular complexity index is 502. The summed E-state index contributed by atoms with van der Waals surface area (Å²) in [6.07, 6.45) is 5.09. The van der Waals surface area contributed by atoms with E-state index in [-0.39, 0.29) is 5.92 Å². The summed E-state index contributed by atoms with van der Waals surface area (Å²) in [5.41, 5.74) is 1.38. The Kier molecular flexibility index (Phi) is 5.08. The average Bonchev–Trinajstić information content (AvgIpc) is 2.48. The van der Waals surface area contributed by atoms with Gasteiger partial charge in [0.2, 0.25) is 0 Å². The van der Waals surface area contributed by atoms with Crippen LogP contribution in [0.1, 0.15) is 36.9 Å². The molecule has 5 heteroatoms. The molecule has 0 aromatic carbocycles. The predicted octanol–water partition coefficient (Wildman–Crippen LogP) is 1.93. The van der Waals surface area contributed by atoms with Crippen molar-refractivity contribution in [2.24, 2.45) is 11.8 Å². The zero-order valence-corrected chi connectivity index (χ0v) is 11.4. The highest BCUT2D eigenvalue weighted by Gasteiger charge is 2.25. The van der Waals surface area contributed by atoms with Gasteiger partial charge in [0.25, 0.3) is 0 Å². The van der Waals surface area contributed by atoms with Gasteiger partial charge >= 0.3 is 5.97 Å². The molecule has 2 rings (SSSR count). The van der Waals surface area contributed by atoms with Gasteiger partial charge in [-0.2, -0.15) is 5.26 Å². The summed E-state index contributed by atoms with van der Waals surface area (Å²) in [4.78, 5) is 14.9. The van der Waals surface area contributed by atoms with E-state index in [4.69, 9.17) is 10.4 Å². The molecule has 1 fully saturated rings. The summed E-state index contributed by atoms with van der Waals surface area (Å²) in [6.45, 7) is 1.50. The Morgan fingerprint density at radius 3 is 2.85 bits per heavy atom. The van der Waals surface area contributed by atoms with Crippen LogP contribution in [0.4, 0.5) is 0 Å². The van der Waals surface area contributed by atoms with Crippen LogP contribution in [0.5, 0.6) is 0 Å². The number of carboxylic acids is 1. The lowest BCUT2D eigenvalue weighted by Crippen LogP contribution is -2.28. The molecule has 0 amide bonds. The third kappa shape index (κ3) is 3.78. The highest BCUT2D eigenvalue weighted by Crippen LogP contribution is 2.28. The Hall–Kier alpha value is -1.93. The second-order valence-corrected chi connectivity index (χ2v) is 5.31. The average molecular weight is 273 g/mol. The quantitative estimate of drug-likeness (QED) is 0.856. The first-order valence-electron chi connectivity index (χ1n) is 6.98. The maximum absolute atomic E-state index is 10.9. The van der Waals surface area contributed by atoms with Crippen molar-refractivity contribution >= 4 is 5.97 Å². The summed E-state index contributed by atoms with van der Waals surface area (Å²) in [7, 11) is 0. The minimum Gasteiger partial charge on any atom is -0.481 e. The van der Waals surface area contributed by atoms with Crippen LogP contribution < -0.4 is 5.32 Å². The maximum Gasteiger partial charge on any atom is 0.306 e. The standard InChI is InChI=1S/C15H19N3O2/c16-8-14-13(2-1-7-18-14)10-17-9-11-3-5-12(6-4-11)15(19)20/h1-2,7,11-12,17H,3-6,9-10H2,(H,19,20). The second kappa shape index (κ2) is 7.01. The smallest absolute Gasteiger partial charge is 0.306 e. The molecule has 0 atom stereocenters. The molecule has 0 bridgehead atoms. The number of aliphatic carboxylic acids is 1. The van der Waals surface area contributed by atoms with Crippen molar-refractivity contribution in [2.45, 2.75) is 32.2 Å². The molecule has 5 nitrogen and oxygen atoms in total. The molecular weight excluding hydrogens is 254 g/mol. The van der Waals surface area contributed by atoms with E-state index in [1.54, 1.807) is 6.20 Å².